The normalized spacial score (nSPS) is 14.6. The lowest BCUT2D eigenvalue weighted by Gasteiger charge is -2.36. The van der Waals surface area contributed by atoms with Crippen molar-refractivity contribution < 1.29 is 13.9 Å². The van der Waals surface area contributed by atoms with Gasteiger partial charge in [-0.05, 0) is 35.4 Å². The van der Waals surface area contributed by atoms with Gasteiger partial charge in [0.1, 0.15) is 5.82 Å². The fourth-order valence-corrected chi connectivity index (χ4v) is 3.83. The van der Waals surface area contributed by atoms with Crippen LogP contribution in [-0.2, 0) is 29.1 Å². The minimum absolute atomic E-state index is 0.0989. The van der Waals surface area contributed by atoms with Gasteiger partial charge in [0, 0.05) is 57.5 Å². The lowest BCUT2D eigenvalue weighted by molar-refractivity contribution is -0.131. The van der Waals surface area contributed by atoms with E-state index in [0.717, 1.165) is 17.1 Å². The smallest absolute Gasteiger partial charge is 0.227 e. The molecule has 8 heteroatoms. The van der Waals surface area contributed by atoms with Crippen LogP contribution in [0.25, 0.3) is 0 Å². The second-order valence-electron chi connectivity index (χ2n) is 7.43. The van der Waals surface area contributed by atoms with E-state index in [0.29, 0.717) is 49.7 Å². The number of piperazine rings is 1. The van der Waals surface area contributed by atoms with E-state index in [1.807, 2.05) is 23.1 Å². The molecular formula is C23H28ClFN4O2. The van der Waals surface area contributed by atoms with Crippen molar-refractivity contribution in [2.45, 2.75) is 19.6 Å². The molecule has 0 saturated carbocycles. The highest BCUT2D eigenvalue weighted by atomic mass is 35.5. The number of nitrogens with one attached hydrogen (secondary N) is 1. The standard InChI is InChI=1S/C23H28ClFN4O2/c1-26-23(27-15-18-6-7-21(25)19(12-18)16-31-2)29-10-8-28(9-11-29)22(30)14-17-4-3-5-20(24)13-17/h3-7,12-13H,8-11,14-16H2,1-2H3,(H,26,27). The van der Waals surface area contributed by atoms with Crippen molar-refractivity contribution in [3.63, 3.8) is 0 Å². The average Bonchev–Trinajstić information content (AvgIpc) is 2.77. The fraction of sp³-hybridized carbons (Fsp3) is 0.391. The number of amides is 1. The molecule has 0 atom stereocenters. The Balaban J connectivity index is 1.51. The Kier molecular flexibility index (Phi) is 8.26. The summed E-state index contributed by atoms with van der Waals surface area (Å²) in [6.45, 7) is 3.42. The molecule has 0 radical (unpaired) electrons. The summed E-state index contributed by atoms with van der Waals surface area (Å²) in [4.78, 5) is 21.0. The number of aliphatic imine (C=N–C) groups is 1. The van der Waals surface area contributed by atoms with Crippen molar-refractivity contribution >= 4 is 23.5 Å². The monoisotopic (exact) mass is 446 g/mol. The zero-order chi connectivity index (χ0) is 22.2. The zero-order valence-corrected chi connectivity index (χ0v) is 18.7. The molecule has 1 aliphatic heterocycles. The molecule has 0 unspecified atom stereocenters. The number of guanidine groups is 1. The maximum atomic E-state index is 13.8. The molecule has 31 heavy (non-hydrogen) atoms. The van der Waals surface area contributed by atoms with Gasteiger partial charge in [0.2, 0.25) is 5.91 Å². The van der Waals surface area contributed by atoms with Gasteiger partial charge in [-0.3, -0.25) is 9.79 Å². The van der Waals surface area contributed by atoms with E-state index in [4.69, 9.17) is 16.3 Å². The Labute approximate surface area is 187 Å². The Morgan fingerprint density at radius 2 is 1.87 bits per heavy atom. The minimum atomic E-state index is -0.270. The number of ether oxygens (including phenoxy) is 1. The molecule has 166 valence electrons. The highest BCUT2D eigenvalue weighted by Gasteiger charge is 2.23. The van der Waals surface area contributed by atoms with Crippen LogP contribution in [0, 0.1) is 5.82 Å². The number of benzene rings is 2. The predicted octanol–water partition coefficient (Wildman–Crippen LogP) is 3.09. The molecular weight excluding hydrogens is 419 g/mol. The van der Waals surface area contributed by atoms with E-state index in [1.165, 1.54) is 6.07 Å². The number of carbonyl (C=O) groups is 1. The highest BCUT2D eigenvalue weighted by molar-refractivity contribution is 6.30. The number of carbonyl (C=O) groups excluding carboxylic acids is 1. The molecule has 1 heterocycles. The largest absolute Gasteiger partial charge is 0.380 e. The van der Waals surface area contributed by atoms with Gasteiger partial charge in [0.15, 0.2) is 5.96 Å². The molecule has 1 aliphatic rings. The maximum absolute atomic E-state index is 13.8. The van der Waals surface area contributed by atoms with Crippen LogP contribution in [0.4, 0.5) is 4.39 Å². The third kappa shape index (κ3) is 6.42. The van der Waals surface area contributed by atoms with Crippen LogP contribution in [0.2, 0.25) is 5.02 Å². The Hall–Kier alpha value is -2.64. The quantitative estimate of drug-likeness (QED) is 0.547. The van der Waals surface area contributed by atoms with Crippen molar-refractivity contribution in [1.82, 2.24) is 15.1 Å². The van der Waals surface area contributed by atoms with Crippen molar-refractivity contribution in [3.8, 4) is 0 Å². The van der Waals surface area contributed by atoms with Crippen LogP contribution < -0.4 is 5.32 Å². The van der Waals surface area contributed by atoms with Gasteiger partial charge >= 0.3 is 0 Å². The third-order valence-corrected chi connectivity index (χ3v) is 5.48. The Morgan fingerprint density at radius 1 is 1.13 bits per heavy atom. The first kappa shape index (κ1) is 23.0. The van der Waals surface area contributed by atoms with Gasteiger partial charge in [-0.15, -0.1) is 0 Å². The van der Waals surface area contributed by atoms with E-state index < -0.39 is 0 Å². The summed E-state index contributed by atoms with van der Waals surface area (Å²) >= 11 is 6.01. The van der Waals surface area contributed by atoms with Crippen LogP contribution in [-0.4, -0.2) is 62.0 Å². The molecule has 2 aromatic rings. The predicted molar refractivity (Wildman–Crippen MR) is 121 cm³/mol. The first-order chi connectivity index (χ1) is 15.0. The summed E-state index contributed by atoms with van der Waals surface area (Å²) in [7, 11) is 3.28. The van der Waals surface area contributed by atoms with Crippen LogP contribution >= 0.6 is 11.6 Å². The molecule has 3 rings (SSSR count). The summed E-state index contributed by atoms with van der Waals surface area (Å²) < 4.78 is 18.8. The fourth-order valence-electron chi connectivity index (χ4n) is 3.62. The second-order valence-corrected chi connectivity index (χ2v) is 7.87. The van der Waals surface area contributed by atoms with Crippen LogP contribution in [0.3, 0.4) is 0 Å². The van der Waals surface area contributed by atoms with Crippen LogP contribution in [0.1, 0.15) is 16.7 Å². The molecule has 2 aromatic carbocycles. The van der Waals surface area contributed by atoms with Gasteiger partial charge in [-0.1, -0.05) is 29.8 Å². The Bertz CT molecular complexity index is 930. The van der Waals surface area contributed by atoms with Crippen molar-refractivity contribution in [2.75, 3.05) is 40.3 Å². The Morgan fingerprint density at radius 3 is 2.55 bits per heavy atom. The minimum Gasteiger partial charge on any atom is -0.380 e. The van der Waals surface area contributed by atoms with E-state index in [1.54, 1.807) is 32.4 Å². The average molecular weight is 447 g/mol. The van der Waals surface area contributed by atoms with E-state index in [9.17, 15) is 9.18 Å². The molecule has 0 spiro atoms. The lowest BCUT2D eigenvalue weighted by Crippen LogP contribution is -2.53. The van der Waals surface area contributed by atoms with E-state index >= 15 is 0 Å². The molecule has 6 nitrogen and oxygen atoms in total. The van der Waals surface area contributed by atoms with Gasteiger partial charge < -0.3 is 19.9 Å². The zero-order valence-electron chi connectivity index (χ0n) is 17.9. The number of nitrogens with zero attached hydrogens (tertiary/aromatic N) is 3. The first-order valence-electron chi connectivity index (χ1n) is 10.2. The first-order valence-corrected chi connectivity index (χ1v) is 10.6. The van der Waals surface area contributed by atoms with Crippen LogP contribution in [0.15, 0.2) is 47.5 Å². The molecule has 0 aliphatic carbocycles. The number of hydrogen-bond donors (Lipinski definition) is 1. The van der Waals surface area contributed by atoms with Crippen molar-refractivity contribution in [2.24, 2.45) is 4.99 Å². The van der Waals surface area contributed by atoms with Crippen LogP contribution in [0.5, 0.6) is 0 Å². The summed E-state index contributed by atoms with van der Waals surface area (Å²) in [5.74, 6) is 0.593. The number of hydrogen-bond acceptors (Lipinski definition) is 3. The SMILES string of the molecule is CN=C(NCc1ccc(F)c(COC)c1)N1CCN(C(=O)Cc2cccc(Cl)c2)CC1. The summed E-state index contributed by atoms with van der Waals surface area (Å²) in [6, 6.07) is 12.4. The molecule has 1 amide bonds. The number of halogens is 2. The topological polar surface area (TPSA) is 57.2 Å². The number of rotatable bonds is 6. The highest BCUT2D eigenvalue weighted by Crippen LogP contribution is 2.14. The van der Waals surface area contributed by atoms with E-state index in [2.05, 4.69) is 15.2 Å². The van der Waals surface area contributed by atoms with Gasteiger partial charge in [0.25, 0.3) is 0 Å². The van der Waals surface area contributed by atoms with Gasteiger partial charge in [0.05, 0.1) is 13.0 Å². The second kappa shape index (κ2) is 11.1. The molecule has 1 saturated heterocycles. The van der Waals surface area contributed by atoms with Gasteiger partial charge in [-0.2, -0.15) is 0 Å². The molecule has 1 N–H and O–H groups in total. The van der Waals surface area contributed by atoms with Gasteiger partial charge in [-0.25, -0.2) is 4.39 Å². The summed E-state index contributed by atoms with van der Waals surface area (Å²) in [6.07, 6.45) is 0.349. The van der Waals surface area contributed by atoms with Crippen molar-refractivity contribution in [3.05, 3.63) is 70.0 Å². The number of methoxy groups -OCH3 is 1. The molecule has 0 bridgehead atoms. The summed E-state index contributed by atoms with van der Waals surface area (Å²) in [5.41, 5.74) is 2.40. The maximum Gasteiger partial charge on any atom is 0.227 e. The van der Waals surface area contributed by atoms with E-state index in [-0.39, 0.29) is 18.3 Å². The third-order valence-electron chi connectivity index (χ3n) is 5.25. The summed E-state index contributed by atoms with van der Waals surface area (Å²) in [5, 5.41) is 3.97. The van der Waals surface area contributed by atoms with Crippen molar-refractivity contribution in [1.29, 1.82) is 0 Å². The molecule has 1 fully saturated rings. The lowest BCUT2D eigenvalue weighted by atomic mass is 10.1. The molecule has 0 aromatic heterocycles.